The molecule has 1 aromatic carbocycles. The molecule has 0 saturated heterocycles. The van der Waals surface area contributed by atoms with Gasteiger partial charge in [-0.15, -0.1) is 0 Å². The van der Waals surface area contributed by atoms with Crippen molar-refractivity contribution >= 4 is 29.5 Å². The van der Waals surface area contributed by atoms with Gasteiger partial charge in [0.25, 0.3) is 0 Å². The van der Waals surface area contributed by atoms with Gasteiger partial charge in [-0.1, -0.05) is 18.2 Å². The van der Waals surface area contributed by atoms with Gasteiger partial charge >= 0.3 is 0 Å². The van der Waals surface area contributed by atoms with Crippen LogP contribution in [0.2, 0.25) is 0 Å². The minimum Gasteiger partial charge on any atom is -0.303 e. The number of aldehydes is 1. The van der Waals surface area contributed by atoms with Crippen molar-refractivity contribution in [3.05, 3.63) is 35.9 Å². The fourth-order valence-corrected chi connectivity index (χ4v) is 2.29. The van der Waals surface area contributed by atoms with Gasteiger partial charge in [0.15, 0.2) is 0 Å². The number of benzene rings is 1. The lowest BCUT2D eigenvalue weighted by atomic mass is 9.94. The Kier molecular flexibility index (Phi) is 2.44. The molecule has 1 aromatic rings. The quantitative estimate of drug-likeness (QED) is 0.727. The first-order chi connectivity index (χ1) is 8.40. The number of hydrogen-bond acceptors (Lipinski definition) is 3. The number of fused-ring (bicyclic) bond motifs is 3. The van der Waals surface area contributed by atoms with Crippen LogP contribution >= 0.6 is 0 Å². The van der Waals surface area contributed by atoms with E-state index < -0.39 is 0 Å². The zero-order chi connectivity index (χ0) is 11.7. The van der Waals surface area contributed by atoms with Crippen molar-refractivity contribution in [2.75, 3.05) is 0 Å². The highest BCUT2D eigenvalue weighted by molar-refractivity contribution is 6.34. The number of allylic oxidation sites excluding steroid dienone is 1. The lowest BCUT2D eigenvalue weighted by molar-refractivity contribution is -0.107. The number of aliphatic imine (C=N–C) groups is 2. The topological polar surface area (TPSA) is 41.8 Å². The summed E-state index contributed by atoms with van der Waals surface area (Å²) in [5, 5.41) is 0. The molecule has 0 aromatic heterocycles. The van der Waals surface area contributed by atoms with Gasteiger partial charge in [-0.25, -0.2) is 4.99 Å². The fourth-order valence-electron chi connectivity index (χ4n) is 2.29. The van der Waals surface area contributed by atoms with E-state index in [0.29, 0.717) is 6.42 Å². The summed E-state index contributed by atoms with van der Waals surface area (Å²) in [7, 11) is 0. The summed E-state index contributed by atoms with van der Waals surface area (Å²) in [4.78, 5) is 19.5. The van der Waals surface area contributed by atoms with Crippen molar-refractivity contribution < 1.29 is 4.79 Å². The Bertz CT molecular complexity index is 555. The molecule has 0 bridgehead atoms. The van der Waals surface area contributed by atoms with Crippen molar-refractivity contribution in [2.24, 2.45) is 9.98 Å². The first-order valence-electron chi connectivity index (χ1n) is 5.75. The number of rotatable bonds is 3. The molecule has 3 rings (SSSR count). The first kappa shape index (κ1) is 10.1. The van der Waals surface area contributed by atoms with E-state index in [1.165, 1.54) is 5.56 Å². The van der Waals surface area contributed by atoms with Crippen LogP contribution in [0.5, 0.6) is 0 Å². The molecule has 0 N–H and O–H groups in total. The van der Waals surface area contributed by atoms with E-state index in [1.807, 2.05) is 30.5 Å². The molecule has 0 radical (unpaired) electrons. The molecule has 0 saturated carbocycles. The highest BCUT2D eigenvalue weighted by Gasteiger charge is 2.27. The zero-order valence-electron chi connectivity index (χ0n) is 9.34. The summed E-state index contributed by atoms with van der Waals surface area (Å²) < 4.78 is 0. The fraction of sp³-hybridized carbons (Fsp3) is 0.214. The van der Waals surface area contributed by atoms with Crippen LogP contribution in [0.1, 0.15) is 18.4 Å². The van der Waals surface area contributed by atoms with Gasteiger partial charge in [0.2, 0.25) is 0 Å². The molecular weight excluding hydrogens is 212 g/mol. The summed E-state index contributed by atoms with van der Waals surface area (Å²) in [5.41, 5.74) is 4.35. The summed E-state index contributed by atoms with van der Waals surface area (Å²) in [6.07, 6.45) is 6.04. The molecule has 0 spiro atoms. The summed E-state index contributed by atoms with van der Waals surface area (Å²) >= 11 is 0. The standard InChI is InChI=1S/C14H12N2O/c17-9-3-6-13-14-11(7-8-15-13)10-4-1-2-5-12(10)16-14/h1-2,4-5,7-9,13H,3,6H2. The van der Waals surface area contributed by atoms with Crippen molar-refractivity contribution in [2.45, 2.75) is 18.9 Å². The van der Waals surface area contributed by atoms with Crippen LogP contribution in [0.25, 0.3) is 5.57 Å². The van der Waals surface area contributed by atoms with Gasteiger partial charge < -0.3 is 4.79 Å². The van der Waals surface area contributed by atoms with Gasteiger partial charge in [-0.05, 0) is 18.6 Å². The Hall–Kier alpha value is -2.03. The molecule has 2 aliphatic heterocycles. The highest BCUT2D eigenvalue weighted by Crippen LogP contribution is 2.37. The van der Waals surface area contributed by atoms with Gasteiger partial charge in [0.1, 0.15) is 6.29 Å². The van der Waals surface area contributed by atoms with E-state index in [1.54, 1.807) is 0 Å². The molecule has 1 atom stereocenters. The number of carbonyl (C=O) groups is 1. The predicted molar refractivity (Wildman–Crippen MR) is 69.1 cm³/mol. The maximum absolute atomic E-state index is 10.5. The first-order valence-corrected chi connectivity index (χ1v) is 5.75. The molecule has 1 unspecified atom stereocenters. The summed E-state index contributed by atoms with van der Waals surface area (Å²) in [5.74, 6) is 0. The third kappa shape index (κ3) is 1.64. The average Bonchev–Trinajstić information content (AvgIpc) is 2.75. The van der Waals surface area contributed by atoms with Crippen molar-refractivity contribution in [3.63, 3.8) is 0 Å². The van der Waals surface area contributed by atoms with Crippen LogP contribution in [0.15, 0.2) is 40.3 Å². The molecular formula is C14H12N2O. The zero-order valence-corrected chi connectivity index (χ0v) is 9.34. The number of dihydropyridines is 1. The minimum absolute atomic E-state index is 0.0348. The van der Waals surface area contributed by atoms with E-state index in [9.17, 15) is 4.79 Å². The third-order valence-electron chi connectivity index (χ3n) is 3.09. The number of carbonyl (C=O) groups excluding carboxylic acids is 1. The van der Waals surface area contributed by atoms with Crippen molar-refractivity contribution in [1.82, 2.24) is 0 Å². The molecule has 3 heteroatoms. The Morgan fingerprint density at radius 1 is 1.29 bits per heavy atom. The van der Waals surface area contributed by atoms with Gasteiger partial charge in [-0.2, -0.15) is 0 Å². The van der Waals surface area contributed by atoms with E-state index in [2.05, 4.69) is 16.1 Å². The second kappa shape index (κ2) is 4.09. The van der Waals surface area contributed by atoms with Crippen molar-refractivity contribution in [3.8, 4) is 0 Å². The highest BCUT2D eigenvalue weighted by atomic mass is 16.1. The van der Waals surface area contributed by atoms with Crippen LogP contribution in [0.4, 0.5) is 5.69 Å². The SMILES string of the molecule is O=CCCC1N=CC=C2C1=Nc1ccccc12. The molecule has 0 aliphatic carbocycles. The maximum Gasteiger partial charge on any atom is 0.120 e. The summed E-state index contributed by atoms with van der Waals surface area (Å²) in [6, 6.07) is 8.13. The van der Waals surface area contributed by atoms with E-state index >= 15 is 0 Å². The van der Waals surface area contributed by atoms with Gasteiger partial charge in [0.05, 0.1) is 17.4 Å². The average molecular weight is 224 g/mol. The smallest absolute Gasteiger partial charge is 0.120 e. The Morgan fingerprint density at radius 3 is 3.06 bits per heavy atom. The molecule has 3 nitrogen and oxygen atoms in total. The van der Waals surface area contributed by atoms with Crippen LogP contribution in [-0.2, 0) is 4.79 Å². The van der Waals surface area contributed by atoms with Crippen LogP contribution < -0.4 is 0 Å². The summed E-state index contributed by atoms with van der Waals surface area (Å²) in [6.45, 7) is 0. The molecule has 0 amide bonds. The monoisotopic (exact) mass is 224 g/mol. The van der Waals surface area contributed by atoms with Gasteiger partial charge in [0, 0.05) is 23.8 Å². The van der Waals surface area contributed by atoms with E-state index in [4.69, 9.17) is 0 Å². The van der Waals surface area contributed by atoms with Crippen molar-refractivity contribution in [1.29, 1.82) is 0 Å². The number of para-hydroxylation sites is 1. The number of hydrogen-bond donors (Lipinski definition) is 0. The van der Waals surface area contributed by atoms with Crippen LogP contribution in [0.3, 0.4) is 0 Å². The molecule has 84 valence electrons. The Labute approximate surface area is 99.6 Å². The van der Waals surface area contributed by atoms with Crippen LogP contribution in [-0.4, -0.2) is 24.3 Å². The second-order valence-electron chi connectivity index (χ2n) is 4.15. The molecule has 2 heterocycles. The molecule has 0 fully saturated rings. The lowest BCUT2D eigenvalue weighted by Gasteiger charge is -2.15. The largest absolute Gasteiger partial charge is 0.303 e. The van der Waals surface area contributed by atoms with Crippen LogP contribution in [0, 0.1) is 0 Å². The second-order valence-corrected chi connectivity index (χ2v) is 4.15. The third-order valence-corrected chi connectivity index (χ3v) is 3.09. The van der Waals surface area contributed by atoms with E-state index in [0.717, 1.165) is 29.7 Å². The predicted octanol–water partition coefficient (Wildman–Crippen LogP) is 2.59. The maximum atomic E-state index is 10.5. The molecule has 2 aliphatic rings. The number of nitrogens with zero attached hydrogens (tertiary/aromatic N) is 2. The Balaban J connectivity index is 1.98. The minimum atomic E-state index is 0.0348. The van der Waals surface area contributed by atoms with E-state index in [-0.39, 0.29) is 6.04 Å². The lowest BCUT2D eigenvalue weighted by Crippen LogP contribution is -2.21. The van der Waals surface area contributed by atoms with Gasteiger partial charge in [-0.3, -0.25) is 4.99 Å². The normalized spacial score (nSPS) is 20.4. The molecule has 17 heavy (non-hydrogen) atoms. The Morgan fingerprint density at radius 2 is 2.18 bits per heavy atom.